The third kappa shape index (κ3) is 5.38. The molecule has 2 rings (SSSR count). The maximum atomic E-state index is 12.6. The van der Waals surface area contributed by atoms with Crippen LogP contribution < -0.4 is 15.8 Å². The quantitative estimate of drug-likeness (QED) is 0.685. The summed E-state index contributed by atoms with van der Waals surface area (Å²) in [6.45, 7) is 1.37. The maximum Gasteiger partial charge on any atom is 0.416 e. The monoisotopic (exact) mass is 368 g/mol. The fourth-order valence-corrected chi connectivity index (χ4v) is 2.20. The van der Waals surface area contributed by atoms with E-state index >= 15 is 0 Å². The number of anilines is 1. The molecule has 1 atom stereocenters. The normalized spacial score (nSPS) is 12.5. The number of ether oxygens (including phenoxy) is 1. The molecule has 0 fully saturated rings. The molecular weight excluding hydrogens is 349 g/mol. The van der Waals surface area contributed by atoms with Crippen molar-refractivity contribution >= 4 is 11.6 Å². The SMILES string of the molecule is Cc1ccc(N)cc1C(=O)NCC(O)COc1cccc(C(F)(F)F)c1. The van der Waals surface area contributed by atoms with Crippen LogP contribution in [-0.4, -0.2) is 30.3 Å². The van der Waals surface area contributed by atoms with Gasteiger partial charge in [0.1, 0.15) is 18.5 Å². The van der Waals surface area contributed by atoms with Crippen LogP contribution in [-0.2, 0) is 6.18 Å². The minimum Gasteiger partial charge on any atom is -0.491 e. The van der Waals surface area contributed by atoms with E-state index in [1.54, 1.807) is 19.1 Å². The number of carbonyl (C=O) groups is 1. The molecule has 0 saturated carbocycles. The van der Waals surface area contributed by atoms with Crippen LogP contribution in [0.1, 0.15) is 21.5 Å². The van der Waals surface area contributed by atoms with Crippen LogP contribution in [0.5, 0.6) is 5.75 Å². The Morgan fingerprint density at radius 1 is 1.27 bits per heavy atom. The van der Waals surface area contributed by atoms with Crippen molar-refractivity contribution in [2.75, 3.05) is 18.9 Å². The number of halogens is 3. The molecule has 2 aromatic rings. The second-order valence-corrected chi connectivity index (χ2v) is 5.77. The van der Waals surface area contributed by atoms with Crippen LogP contribution >= 0.6 is 0 Å². The zero-order chi connectivity index (χ0) is 19.3. The van der Waals surface area contributed by atoms with Crippen molar-refractivity contribution in [3.63, 3.8) is 0 Å². The first kappa shape index (κ1) is 19.6. The van der Waals surface area contributed by atoms with Gasteiger partial charge in [-0.25, -0.2) is 0 Å². The Balaban J connectivity index is 1.87. The molecular formula is C18H19F3N2O3. The maximum absolute atomic E-state index is 12.6. The molecule has 4 N–H and O–H groups in total. The molecule has 0 radical (unpaired) electrons. The molecule has 0 aromatic heterocycles. The molecule has 1 unspecified atom stereocenters. The van der Waals surface area contributed by atoms with Crippen LogP contribution in [0.15, 0.2) is 42.5 Å². The Bertz CT molecular complexity index is 779. The van der Waals surface area contributed by atoms with E-state index in [2.05, 4.69) is 5.32 Å². The number of alkyl halides is 3. The minimum atomic E-state index is -4.47. The lowest BCUT2D eigenvalue weighted by molar-refractivity contribution is -0.137. The standard InChI is InChI=1S/C18H19F3N2O3/c1-11-5-6-13(22)8-16(11)17(25)23-9-14(24)10-26-15-4-2-3-12(7-15)18(19,20)21/h2-8,14,24H,9-10,22H2,1H3,(H,23,25). The van der Waals surface area contributed by atoms with Crippen molar-refractivity contribution in [2.45, 2.75) is 19.2 Å². The van der Waals surface area contributed by atoms with Crippen LogP contribution in [0.25, 0.3) is 0 Å². The molecule has 0 aliphatic rings. The fraction of sp³-hybridized carbons (Fsp3) is 0.278. The van der Waals surface area contributed by atoms with E-state index in [0.29, 0.717) is 11.3 Å². The second kappa shape index (κ2) is 8.09. The van der Waals surface area contributed by atoms with Gasteiger partial charge < -0.3 is 20.9 Å². The summed E-state index contributed by atoms with van der Waals surface area (Å²) in [5, 5.41) is 12.4. The van der Waals surface area contributed by atoms with E-state index in [1.165, 1.54) is 18.2 Å². The lowest BCUT2D eigenvalue weighted by Crippen LogP contribution is -2.35. The molecule has 0 aliphatic heterocycles. The predicted octanol–water partition coefficient (Wildman–Crippen LogP) is 2.77. The lowest BCUT2D eigenvalue weighted by atomic mass is 10.1. The van der Waals surface area contributed by atoms with Gasteiger partial charge >= 0.3 is 6.18 Å². The lowest BCUT2D eigenvalue weighted by Gasteiger charge is -2.15. The first-order valence-electron chi connectivity index (χ1n) is 7.79. The molecule has 8 heteroatoms. The van der Waals surface area contributed by atoms with Gasteiger partial charge in [0.15, 0.2) is 0 Å². The highest BCUT2D eigenvalue weighted by Gasteiger charge is 2.30. The number of nitrogens with two attached hydrogens (primary N) is 1. The van der Waals surface area contributed by atoms with Crippen molar-refractivity contribution in [1.29, 1.82) is 0 Å². The van der Waals surface area contributed by atoms with E-state index in [-0.39, 0.29) is 18.9 Å². The number of benzene rings is 2. The van der Waals surface area contributed by atoms with Crippen LogP contribution in [0.2, 0.25) is 0 Å². The van der Waals surface area contributed by atoms with Crippen molar-refractivity contribution in [3.8, 4) is 5.75 Å². The Labute approximate surface area is 148 Å². The third-order valence-corrected chi connectivity index (χ3v) is 3.61. The molecule has 5 nitrogen and oxygen atoms in total. The van der Waals surface area contributed by atoms with Gasteiger partial charge in [-0.15, -0.1) is 0 Å². The summed E-state index contributed by atoms with van der Waals surface area (Å²) in [5.41, 5.74) is 6.36. The Kier molecular flexibility index (Phi) is 6.10. The van der Waals surface area contributed by atoms with Gasteiger partial charge in [0.05, 0.1) is 5.56 Å². The van der Waals surface area contributed by atoms with Gasteiger partial charge in [-0.3, -0.25) is 4.79 Å². The van der Waals surface area contributed by atoms with E-state index in [0.717, 1.165) is 17.7 Å². The number of aliphatic hydroxyl groups is 1. The molecule has 2 aromatic carbocycles. The van der Waals surface area contributed by atoms with Gasteiger partial charge in [-0.1, -0.05) is 12.1 Å². The topological polar surface area (TPSA) is 84.6 Å². The molecule has 140 valence electrons. The summed E-state index contributed by atoms with van der Waals surface area (Å²) >= 11 is 0. The zero-order valence-electron chi connectivity index (χ0n) is 14.0. The van der Waals surface area contributed by atoms with Gasteiger partial charge in [0, 0.05) is 17.8 Å². The summed E-state index contributed by atoms with van der Waals surface area (Å²) in [6.07, 6.45) is -5.56. The number of nitrogen functional groups attached to an aromatic ring is 1. The average Bonchev–Trinajstić information content (AvgIpc) is 2.59. The largest absolute Gasteiger partial charge is 0.491 e. The van der Waals surface area contributed by atoms with Gasteiger partial charge in [-0.2, -0.15) is 13.2 Å². The minimum absolute atomic E-state index is 0.0168. The molecule has 1 amide bonds. The van der Waals surface area contributed by atoms with Crippen molar-refractivity contribution < 1.29 is 27.8 Å². The number of aryl methyl sites for hydroxylation is 1. The Morgan fingerprint density at radius 2 is 2.00 bits per heavy atom. The molecule has 0 bridgehead atoms. The van der Waals surface area contributed by atoms with Crippen LogP contribution in [0.3, 0.4) is 0 Å². The number of rotatable bonds is 6. The zero-order valence-corrected chi connectivity index (χ0v) is 14.0. The van der Waals surface area contributed by atoms with E-state index in [9.17, 15) is 23.1 Å². The van der Waals surface area contributed by atoms with Crippen LogP contribution in [0.4, 0.5) is 18.9 Å². The smallest absolute Gasteiger partial charge is 0.416 e. The number of nitrogens with one attached hydrogen (secondary N) is 1. The van der Waals surface area contributed by atoms with E-state index in [4.69, 9.17) is 10.5 Å². The number of amides is 1. The number of hydrogen-bond acceptors (Lipinski definition) is 4. The molecule has 0 aliphatic carbocycles. The average molecular weight is 368 g/mol. The van der Waals surface area contributed by atoms with Crippen molar-refractivity contribution in [3.05, 3.63) is 59.2 Å². The first-order chi connectivity index (χ1) is 12.2. The summed E-state index contributed by atoms with van der Waals surface area (Å²) < 4.78 is 43.1. The first-order valence-corrected chi connectivity index (χ1v) is 7.79. The van der Waals surface area contributed by atoms with Gasteiger partial charge in [-0.05, 0) is 42.8 Å². The molecule has 0 heterocycles. The van der Waals surface area contributed by atoms with E-state index < -0.39 is 23.8 Å². The summed E-state index contributed by atoms with van der Waals surface area (Å²) in [7, 11) is 0. The highest BCUT2D eigenvalue weighted by molar-refractivity contribution is 5.96. The molecule has 0 spiro atoms. The van der Waals surface area contributed by atoms with E-state index in [1.807, 2.05) is 0 Å². The predicted molar refractivity (Wildman–Crippen MR) is 90.9 cm³/mol. The van der Waals surface area contributed by atoms with Crippen LogP contribution in [0, 0.1) is 6.92 Å². The highest BCUT2D eigenvalue weighted by Crippen LogP contribution is 2.31. The van der Waals surface area contributed by atoms with Crippen molar-refractivity contribution in [1.82, 2.24) is 5.32 Å². The number of carbonyl (C=O) groups excluding carboxylic acids is 1. The molecule has 26 heavy (non-hydrogen) atoms. The van der Waals surface area contributed by atoms with Gasteiger partial charge in [0.2, 0.25) is 0 Å². The van der Waals surface area contributed by atoms with Crippen molar-refractivity contribution in [2.24, 2.45) is 0 Å². The summed E-state index contributed by atoms with van der Waals surface area (Å²) in [5.74, 6) is -0.426. The highest BCUT2D eigenvalue weighted by atomic mass is 19.4. The number of aliphatic hydroxyl groups excluding tert-OH is 1. The summed E-state index contributed by atoms with van der Waals surface area (Å²) in [4.78, 5) is 12.1. The van der Waals surface area contributed by atoms with Gasteiger partial charge in [0.25, 0.3) is 5.91 Å². The fourth-order valence-electron chi connectivity index (χ4n) is 2.20. The third-order valence-electron chi connectivity index (χ3n) is 3.61. The number of hydrogen-bond donors (Lipinski definition) is 3. The Morgan fingerprint density at radius 3 is 2.69 bits per heavy atom. The Hall–Kier alpha value is -2.74. The second-order valence-electron chi connectivity index (χ2n) is 5.77. The summed E-state index contributed by atoms with van der Waals surface area (Å²) in [6, 6.07) is 9.25. The molecule has 0 saturated heterocycles.